The molecule has 0 fully saturated rings. The number of fused-ring (bicyclic) bond motifs is 4. The number of rotatable bonds is 2. The molecular weight excluding hydrogens is 676 g/mol. The van der Waals surface area contributed by atoms with Crippen molar-refractivity contribution < 1.29 is 0 Å². The average Bonchev–Trinajstić information content (AvgIpc) is 3.95. The number of hydrogen-bond donors (Lipinski definition) is 1. The number of nitrogen functional groups attached to an aromatic ring is 1. The fraction of sp³-hybridized carbons (Fsp3) is 0.108. The molecular formula is C37H31ClN14. The van der Waals surface area contributed by atoms with Gasteiger partial charge in [-0.3, -0.25) is 24.1 Å². The van der Waals surface area contributed by atoms with E-state index in [2.05, 4.69) is 61.3 Å². The lowest BCUT2D eigenvalue weighted by Crippen LogP contribution is -2.07. The highest BCUT2D eigenvalue weighted by molar-refractivity contribution is 6.29. The molecule has 15 heteroatoms. The first-order chi connectivity index (χ1) is 25.6. The SMILES string of the molecule is Clc1ccc2ncccc2n1.Nc1ccc2ncccc2n1.c1cc2c(nc1-n1cnnc1)CCCC2.c1cnc2ccc(-n3cnnc3)nc2c1. The van der Waals surface area contributed by atoms with Gasteiger partial charge in [-0.15, -0.1) is 20.4 Å². The second-order valence-corrected chi connectivity index (χ2v) is 11.8. The first-order valence-electron chi connectivity index (χ1n) is 16.3. The Morgan fingerprint density at radius 1 is 0.481 bits per heavy atom. The number of hydrogen-bond acceptors (Lipinski definition) is 12. The van der Waals surface area contributed by atoms with E-state index in [0.29, 0.717) is 11.0 Å². The van der Waals surface area contributed by atoms with E-state index >= 15 is 0 Å². The third kappa shape index (κ3) is 8.49. The van der Waals surface area contributed by atoms with Crippen LogP contribution in [0.4, 0.5) is 5.82 Å². The number of pyridine rings is 7. The fourth-order valence-corrected chi connectivity index (χ4v) is 5.50. The molecule has 256 valence electrons. The summed E-state index contributed by atoms with van der Waals surface area (Å²) >= 11 is 5.68. The maximum Gasteiger partial charge on any atom is 0.139 e. The summed E-state index contributed by atoms with van der Waals surface area (Å²) in [4.78, 5) is 29.7. The van der Waals surface area contributed by atoms with E-state index in [1.165, 1.54) is 30.5 Å². The molecule has 9 heterocycles. The van der Waals surface area contributed by atoms with Gasteiger partial charge < -0.3 is 5.73 Å². The van der Waals surface area contributed by atoms with Crippen LogP contribution in [0.3, 0.4) is 0 Å². The Labute approximate surface area is 302 Å². The Morgan fingerprint density at radius 3 is 1.62 bits per heavy atom. The summed E-state index contributed by atoms with van der Waals surface area (Å²) in [6.45, 7) is 0. The molecule has 0 bridgehead atoms. The third-order valence-electron chi connectivity index (χ3n) is 7.87. The second kappa shape index (κ2) is 16.3. The fourth-order valence-electron chi connectivity index (χ4n) is 5.35. The summed E-state index contributed by atoms with van der Waals surface area (Å²) < 4.78 is 3.60. The van der Waals surface area contributed by atoms with E-state index in [4.69, 9.17) is 17.3 Å². The molecule has 0 atom stereocenters. The molecule has 0 saturated carbocycles. The molecule has 0 aliphatic heterocycles. The van der Waals surface area contributed by atoms with Crippen molar-refractivity contribution in [1.82, 2.24) is 64.4 Å². The molecule has 0 aromatic carbocycles. The molecule has 1 aliphatic rings. The molecule has 9 aromatic heterocycles. The minimum atomic E-state index is 0.505. The van der Waals surface area contributed by atoms with Crippen molar-refractivity contribution in [3.05, 3.63) is 145 Å². The van der Waals surface area contributed by atoms with Crippen LogP contribution in [0, 0.1) is 0 Å². The Kier molecular flexibility index (Phi) is 10.5. The number of aromatic nitrogens is 13. The first-order valence-corrected chi connectivity index (χ1v) is 16.7. The summed E-state index contributed by atoms with van der Waals surface area (Å²) in [5.41, 5.74) is 13.3. The van der Waals surface area contributed by atoms with Crippen molar-refractivity contribution in [3.8, 4) is 11.6 Å². The Hall–Kier alpha value is -6.80. The van der Waals surface area contributed by atoms with Crippen LogP contribution in [0.15, 0.2) is 129 Å². The largest absolute Gasteiger partial charge is 0.384 e. The van der Waals surface area contributed by atoms with Crippen LogP contribution in [0.1, 0.15) is 24.1 Å². The van der Waals surface area contributed by atoms with Gasteiger partial charge in [-0.2, -0.15) is 0 Å². The van der Waals surface area contributed by atoms with Gasteiger partial charge in [-0.1, -0.05) is 17.7 Å². The lowest BCUT2D eigenvalue weighted by atomic mass is 9.96. The second-order valence-electron chi connectivity index (χ2n) is 11.4. The first kappa shape index (κ1) is 33.7. The smallest absolute Gasteiger partial charge is 0.139 e. The van der Waals surface area contributed by atoms with E-state index in [9.17, 15) is 0 Å². The van der Waals surface area contributed by atoms with Gasteiger partial charge >= 0.3 is 0 Å². The molecule has 0 saturated heterocycles. The molecule has 0 amide bonds. The lowest BCUT2D eigenvalue weighted by Gasteiger charge is -2.15. The topological polar surface area (TPSA) is 178 Å². The highest BCUT2D eigenvalue weighted by Crippen LogP contribution is 2.20. The summed E-state index contributed by atoms with van der Waals surface area (Å²) in [6.07, 6.45) is 16.6. The highest BCUT2D eigenvalue weighted by Gasteiger charge is 2.11. The number of halogens is 1. The predicted octanol–water partition coefficient (Wildman–Crippen LogP) is 6.25. The van der Waals surface area contributed by atoms with Crippen LogP contribution >= 0.6 is 11.6 Å². The lowest BCUT2D eigenvalue weighted by molar-refractivity contribution is 0.665. The van der Waals surface area contributed by atoms with Crippen molar-refractivity contribution in [2.75, 3.05) is 5.73 Å². The minimum absolute atomic E-state index is 0.505. The number of nitrogens with zero attached hydrogens (tertiary/aromatic N) is 13. The van der Waals surface area contributed by atoms with Crippen LogP contribution in [0.5, 0.6) is 0 Å². The zero-order valence-electron chi connectivity index (χ0n) is 27.7. The van der Waals surface area contributed by atoms with Gasteiger partial charge in [0.15, 0.2) is 0 Å². The maximum absolute atomic E-state index is 5.68. The molecule has 1 aliphatic carbocycles. The monoisotopic (exact) mass is 706 g/mol. The standard InChI is InChI=1S/C11H12N4.C10H7N5.C8H5ClN2.C8H7N3/c1-2-4-10-9(3-1)5-6-11(14-10)15-7-12-13-8-15;1-2-9-8(11-5-1)3-4-10(14-9)15-6-12-13-7-15;2*9-8-4-3-6-7(11-8)2-1-5-10-6/h5-8H,1-4H2;1-7H;1-5H;1-5H,(H2,9,11). The van der Waals surface area contributed by atoms with E-state index in [1.807, 2.05) is 71.3 Å². The summed E-state index contributed by atoms with van der Waals surface area (Å²) in [5, 5.41) is 15.5. The predicted molar refractivity (Wildman–Crippen MR) is 199 cm³/mol. The van der Waals surface area contributed by atoms with E-state index < -0.39 is 0 Å². The molecule has 9 aromatic rings. The number of nitrogens with two attached hydrogens (primary N) is 1. The maximum atomic E-state index is 5.68. The van der Waals surface area contributed by atoms with Gasteiger partial charge in [0.05, 0.1) is 33.1 Å². The van der Waals surface area contributed by atoms with Crippen LogP contribution in [0.25, 0.3) is 44.7 Å². The molecule has 2 N–H and O–H groups in total. The van der Waals surface area contributed by atoms with E-state index in [0.717, 1.165) is 51.2 Å². The molecule has 10 rings (SSSR count). The Morgan fingerprint density at radius 2 is 0.981 bits per heavy atom. The summed E-state index contributed by atoms with van der Waals surface area (Å²) in [6, 6.07) is 26.5. The zero-order valence-corrected chi connectivity index (χ0v) is 28.5. The summed E-state index contributed by atoms with van der Waals surface area (Å²) in [7, 11) is 0. The van der Waals surface area contributed by atoms with Crippen LogP contribution in [0.2, 0.25) is 5.15 Å². The van der Waals surface area contributed by atoms with Crippen LogP contribution < -0.4 is 5.73 Å². The minimum Gasteiger partial charge on any atom is -0.384 e. The Bertz CT molecular complexity index is 2450. The highest BCUT2D eigenvalue weighted by atomic mass is 35.5. The zero-order chi connectivity index (χ0) is 35.5. The number of anilines is 1. The Balaban J connectivity index is 0.000000109. The van der Waals surface area contributed by atoms with Gasteiger partial charge in [0, 0.05) is 24.3 Å². The van der Waals surface area contributed by atoms with E-state index in [-0.39, 0.29) is 0 Å². The van der Waals surface area contributed by atoms with Gasteiger partial charge in [0.2, 0.25) is 0 Å². The van der Waals surface area contributed by atoms with Gasteiger partial charge in [-0.25, -0.2) is 19.9 Å². The van der Waals surface area contributed by atoms with Crippen molar-refractivity contribution in [1.29, 1.82) is 0 Å². The van der Waals surface area contributed by atoms with Crippen molar-refractivity contribution in [2.45, 2.75) is 25.7 Å². The average molecular weight is 707 g/mol. The number of aryl methyl sites for hydroxylation is 2. The third-order valence-corrected chi connectivity index (χ3v) is 8.08. The molecule has 0 radical (unpaired) electrons. The molecule has 52 heavy (non-hydrogen) atoms. The molecule has 0 unspecified atom stereocenters. The quantitative estimate of drug-likeness (QED) is 0.200. The normalized spacial score (nSPS) is 11.7. The van der Waals surface area contributed by atoms with Crippen LogP contribution in [-0.4, -0.2) is 64.4 Å². The van der Waals surface area contributed by atoms with Crippen molar-refractivity contribution >= 4 is 50.5 Å². The van der Waals surface area contributed by atoms with Crippen molar-refractivity contribution in [2.24, 2.45) is 0 Å². The van der Waals surface area contributed by atoms with E-state index in [1.54, 1.807) is 60.6 Å². The van der Waals surface area contributed by atoms with Gasteiger partial charge in [-0.05, 0) is 110 Å². The molecule has 14 nitrogen and oxygen atoms in total. The van der Waals surface area contributed by atoms with Crippen LogP contribution in [-0.2, 0) is 12.8 Å². The summed E-state index contributed by atoms with van der Waals surface area (Å²) in [5.74, 6) is 2.24. The van der Waals surface area contributed by atoms with Crippen molar-refractivity contribution in [3.63, 3.8) is 0 Å². The van der Waals surface area contributed by atoms with Gasteiger partial charge in [0.25, 0.3) is 0 Å². The van der Waals surface area contributed by atoms with Gasteiger partial charge in [0.1, 0.15) is 47.9 Å². The molecule has 0 spiro atoms.